The Morgan fingerprint density at radius 3 is 2.07 bits per heavy atom. The molecule has 0 amide bonds. The maximum absolute atomic E-state index is 13.4. The van der Waals surface area contributed by atoms with Crippen LogP contribution >= 0.6 is 0 Å². The van der Waals surface area contributed by atoms with E-state index in [1.807, 2.05) is 54.6 Å². The summed E-state index contributed by atoms with van der Waals surface area (Å²) in [5.74, 6) is 0. The predicted molar refractivity (Wildman–Crippen MR) is 181 cm³/mol. The van der Waals surface area contributed by atoms with Crippen LogP contribution in [-0.4, -0.2) is 10.1 Å². The van der Waals surface area contributed by atoms with Crippen molar-refractivity contribution in [2.45, 2.75) is 12.5 Å². The van der Waals surface area contributed by atoms with E-state index in [1.54, 1.807) is 0 Å². The number of benzene rings is 6. The molecule has 0 saturated heterocycles. The minimum absolute atomic E-state index is 0.798. The summed E-state index contributed by atoms with van der Waals surface area (Å²) in [4.78, 5) is 5.06. The van der Waals surface area contributed by atoms with Gasteiger partial charge >= 0.3 is 0 Å². The third-order valence-corrected chi connectivity index (χ3v) is 8.74. The number of nitrogens with one attached hydrogen (secondary N) is 1. The van der Waals surface area contributed by atoms with Crippen LogP contribution in [0.15, 0.2) is 152 Å². The third-order valence-electron chi connectivity index (χ3n) is 8.74. The zero-order valence-corrected chi connectivity index (χ0v) is 24.3. The van der Waals surface area contributed by atoms with Crippen molar-refractivity contribution >= 4 is 22.3 Å². The zero-order valence-electron chi connectivity index (χ0n) is 24.3. The Morgan fingerprint density at radius 2 is 1.25 bits per heavy atom. The molecule has 44 heavy (non-hydrogen) atoms. The van der Waals surface area contributed by atoms with Crippen LogP contribution in [0.5, 0.6) is 0 Å². The van der Waals surface area contributed by atoms with Crippen LogP contribution in [0.3, 0.4) is 0 Å². The van der Waals surface area contributed by atoms with Crippen molar-refractivity contribution in [3.8, 4) is 33.5 Å². The monoisotopic (exact) mass is 566 g/mol. The summed E-state index contributed by atoms with van der Waals surface area (Å²) in [6.07, 6.45) is 0. The molecule has 8 rings (SSSR count). The smallest absolute Gasteiger partial charge is 0.144 e. The summed E-state index contributed by atoms with van der Waals surface area (Å²) in [5.41, 5.74) is 10.9. The highest BCUT2D eigenvalue weighted by molar-refractivity contribution is 5.96. The first-order valence-electron chi connectivity index (χ1n) is 15.0. The molecular formula is C41H30N2O. The first-order valence-corrected chi connectivity index (χ1v) is 15.0. The molecule has 1 unspecified atom stereocenters. The molecule has 0 bridgehead atoms. The van der Waals surface area contributed by atoms with Crippen molar-refractivity contribution < 1.29 is 5.11 Å². The Morgan fingerprint density at radius 1 is 0.568 bits per heavy atom. The van der Waals surface area contributed by atoms with Crippen LogP contribution in [0.4, 0.5) is 11.4 Å². The lowest BCUT2D eigenvalue weighted by molar-refractivity contribution is 0.132. The van der Waals surface area contributed by atoms with E-state index in [0.29, 0.717) is 0 Å². The highest BCUT2D eigenvalue weighted by atomic mass is 16.3. The number of rotatable bonds is 5. The van der Waals surface area contributed by atoms with Gasteiger partial charge in [-0.25, -0.2) is 4.98 Å². The summed E-state index contributed by atoms with van der Waals surface area (Å²) in [5, 5.41) is 18.3. The molecule has 0 spiro atoms. The number of pyridine rings is 1. The minimum atomic E-state index is -1.45. The predicted octanol–water partition coefficient (Wildman–Crippen LogP) is 9.89. The lowest BCUT2D eigenvalue weighted by Gasteiger charge is -2.31. The molecule has 1 aromatic heterocycles. The van der Waals surface area contributed by atoms with Gasteiger partial charge in [0.15, 0.2) is 0 Å². The highest BCUT2D eigenvalue weighted by Crippen LogP contribution is 2.57. The zero-order chi connectivity index (χ0) is 29.7. The Balaban J connectivity index is 1.44. The molecule has 3 heteroatoms. The van der Waals surface area contributed by atoms with Crippen LogP contribution in [-0.2, 0) is 5.60 Å². The standard InChI is InChI=1S/C41H30N2O/c1-27-12-11-16-30(26-27)42-40-31(28-13-3-2-4-14-28)23-24-33-32-17-6-8-19-35(32)41(44,39(33)40)36-20-9-7-18-34(36)38-25-22-29-15-5-10-21-37(29)43-38/h2-26,42,44H,1H3. The first-order chi connectivity index (χ1) is 21.6. The van der Waals surface area contributed by atoms with Gasteiger partial charge in [0, 0.05) is 38.9 Å². The van der Waals surface area contributed by atoms with Crippen LogP contribution in [0.2, 0.25) is 0 Å². The van der Waals surface area contributed by atoms with E-state index in [1.165, 1.54) is 0 Å². The van der Waals surface area contributed by atoms with E-state index in [2.05, 4.69) is 109 Å². The topological polar surface area (TPSA) is 45.1 Å². The number of aromatic nitrogens is 1. The van der Waals surface area contributed by atoms with E-state index in [-0.39, 0.29) is 0 Å². The van der Waals surface area contributed by atoms with Crippen molar-refractivity contribution in [1.29, 1.82) is 0 Å². The van der Waals surface area contributed by atoms with Crippen molar-refractivity contribution in [3.05, 3.63) is 174 Å². The number of para-hydroxylation sites is 1. The second-order valence-electron chi connectivity index (χ2n) is 11.5. The lowest BCUT2D eigenvalue weighted by Crippen LogP contribution is -2.28. The van der Waals surface area contributed by atoms with Gasteiger partial charge in [-0.2, -0.15) is 0 Å². The van der Waals surface area contributed by atoms with E-state index < -0.39 is 5.60 Å². The molecule has 6 aromatic carbocycles. The summed E-state index contributed by atoms with van der Waals surface area (Å²) < 4.78 is 0. The van der Waals surface area contributed by atoms with Crippen LogP contribution in [0.25, 0.3) is 44.4 Å². The number of nitrogens with zero attached hydrogens (tertiary/aromatic N) is 1. The molecule has 0 saturated carbocycles. The molecule has 210 valence electrons. The fourth-order valence-corrected chi connectivity index (χ4v) is 6.74. The maximum atomic E-state index is 13.4. The van der Waals surface area contributed by atoms with Gasteiger partial charge in [0.1, 0.15) is 5.60 Å². The van der Waals surface area contributed by atoms with E-state index in [9.17, 15) is 5.11 Å². The molecule has 0 fully saturated rings. The fraction of sp³-hybridized carbons (Fsp3) is 0.0488. The molecule has 1 heterocycles. The van der Waals surface area contributed by atoms with Crippen LogP contribution < -0.4 is 5.32 Å². The molecule has 7 aromatic rings. The number of aryl methyl sites for hydroxylation is 1. The summed E-state index contributed by atoms with van der Waals surface area (Å²) in [7, 11) is 0. The van der Waals surface area contributed by atoms with Gasteiger partial charge in [-0.3, -0.25) is 0 Å². The second kappa shape index (κ2) is 10.3. The van der Waals surface area contributed by atoms with E-state index >= 15 is 0 Å². The van der Waals surface area contributed by atoms with Crippen LogP contribution in [0.1, 0.15) is 22.3 Å². The Kier molecular flexibility index (Phi) is 6.14. The van der Waals surface area contributed by atoms with E-state index in [4.69, 9.17) is 4.98 Å². The summed E-state index contributed by atoms with van der Waals surface area (Å²) in [6.45, 7) is 2.09. The van der Waals surface area contributed by atoms with Crippen molar-refractivity contribution in [3.63, 3.8) is 0 Å². The second-order valence-corrected chi connectivity index (χ2v) is 11.5. The Labute approximate surface area is 257 Å². The summed E-state index contributed by atoms with van der Waals surface area (Å²) >= 11 is 0. The molecule has 2 N–H and O–H groups in total. The van der Waals surface area contributed by atoms with Gasteiger partial charge in [-0.1, -0.05) is 127 Å². The molecular weight excluding hydrogens is 536 g/mol. The van der Waals surface area contributed by atoms with Gasteiger partial charge in [0.05, 0.1) is 16.9 Å². The van der Waals surface area contributed by atoms with Gasteiger partial charge in [0.25, 0.3) is 0 Å². The Hall–Kier alpha value is -5.51. The van der Waals surface area contributed by atoms with Crippen LogP contribution in [0, 0.1) is 6.92 Å². The largest absolute Gasteiger partial charge is 0.376 e. The normalized spacial score (nSPS) is 15.1. The van der Waals surface area contributed by atoms with Crippen molar-refractivity contribution in [2.24, 2.45) is 0 Å². The quantitative estimate of drug-likeness (QED) is 0.218. The molecule has 0 radical (unpaired) electrons. The average molecular weight is 567 g/mol. The maximum Gasteiger partial charge on any atom is 0.144 e. The fourth-order valence-electron chi connectivity index (χ4n) is 6.74. The average Bonchev–Trinajstić information content (AvgIpc) is 3.34. The number of hydrogen-bond acceptors (Lipinski definition) is 3. The van der Waals surface area contributed by atoms with Gasteiger partial charge in [0.2, 0.25) is 0 Å². The SMILES string of the molecule is Cc1cccc(Nc2c(-c3ccccc3)ccc3c2C(O)(c2ccccc2-c2ccc4ccccc4n2)c2ccccc2-3)c1. The molecule has 3 nitrogen and oxygen atoms in total. The Bertz CT molecular complexity index is 2190. The first kappa shape index (κ1) is 26.1. The third kappa shape index (κ3) is 4.13. The molecule has 1 aliphatic rings. The van der Waals surface area contributed by atoms with Crippen molar-refractivity contribution in [1.82, 2.24) is 4.98 Å². The summed E-state index contributed by atoms with van der Waals surface area (Å²) in [6, 6.07) is 51.8. The van der Waals surface area contributed by atoms with Gasteiger partial charge < -0.3 is 10.4 Å². The highest BCUT2D eigenvalue weighted by Gasteiger charge is 2.47. The number of anilines is 2. The number of hydrogen-bond donors (Lipinski definition) is 2. The molecule has 1 atom stereocenters. The van der Waals surface area contributed by atoms with Crippen molar-refractivity contribution in [2.75, 3.05) is 5.32 Å². The molecule has 1 aliphatic carbocycles. The van der Waals surface area contributed by atoms with Gasteiger partial charge in [-0.05, 0) is 53.4 Å². The van der Waals surface area contributed by atoms with E-state index in [0.717, 1.165) is 78.0 Å². The minimum Gasteiger partial charge on any atom is -0.376 e. The number of fused-ring (bicyclic) bond motifs is 4. The molecule has 0 aliphatic heterocycles. The number of aliphatic hydroxyl groups is 1. The van der Waals surface area contributed by atoms with Gasteiger partial charge in [-0.15, -0.1) is 0 Å². The lowest BCUT2D eigenvalue weighted by atomic mass is 9.79.